The van der Waals surface area contributed by atoms with Crippen molar-refractivity contribution >= 4 is 38.6 Å². The number of aromatic nitrogens is 4. The van der Waals surface area contributed by atoms with Gasteiger partial charge in [0.15, 0.2) is 5.65 Å². The van der Waals surface area contributed by atoms with Crippen LogP contribution in [0, 0.1) is 0 Å². The third kappa shape index (κ3) is 2.29. The summed E-state index contributed by atoms with van der Waals surface area (Å²) in [4.78, 5) is 21.6. The lowest BCUT2D eigenvalue weighted by Crippen LogP contribution is -2.15. The van der Waals surface area contributed by atoms with Crippen LogP contribution in [-0.2, 0) is 4.79 Å². The average Bonchev–Trinajstić information content (AvgIpc) is 3.31. The van der Waals surface area contributed by atoms with Gasteiger partial charge in [-0.05, 0) is 36.6 Å². The zero-order valence-electron chi connectivity index (χ0n) is 13.4. The molecule has 1 amide bonds. The van der Waals surface area contributed by atoms with Crippen LogP contribution in [0.5, 0.6) is 0 Å². The molecule has 6 nitrogen and oxygen atoms in total. The SMILES string of the molecule is O=C1Nc2ccc(Br)cc2C1c1ncnc2c1cnn2C1CCCC1. The summed E-state index contributed by atoms with van der Waals surface area (Å²) in [5.41, 5.74) is 3.33. The Morgan fingerprint density at radius 2 is 2.04 bits per heavy atom. The summed E-state index contributed by atoms with van der Waals surface area (Å²) in [5.74, 6) is -0.485. The molecule has 1 saturated carbocycles. The van der Waals surface area contributed by atoms with Gasteiger partial charge in [-0.1, -0.05) is 28.8 Å². The minimum absolute atomic E-state index is 0.0540. The summed E-state index contributed by atoms with van der Waals surface area (Å²) >= 11 is 3.50. The molecule has 2 aliphatic rings. The lowest BCUT2D eigenvalue weighted by atomic mass is 9.95. The zero-order valence-corrected chi connectivity index (χ0v) is 15.0. The van der Waals surface area contributed by atoms with E-state index in [0.29, 0.717) is 6.04 Å². The van der Waals surface area contributed by atoms with Crippen LogP contribution in [0.15, 0.2) is 35.2 Å². The van der Waals surface area contributed by atoms with Crippen molar-refractivity contribution in [1.82, 2.24) is 19.7 Å². The fourth-order valence-electron chi connectivity index (χ4n) is 4.03. The molecular weight excluding hydrogens is 382 g/mol. The van der Waals surface area contributed by atoms with E-state index < -0.39 is 5.92 Å². The maximum Gasteiger partial charge on any atom is 0.238 e. The molecule has 7 heteroatoms. The third-order valence-corrected chi connectivity index (χ3v) is 5.70. The first kappa shape index (κ1) is 15.0. The average molecular weight is 398 g/mol. The van der Waals surface area contributed by atoms with Gasteiger partial charge in [-0.3, -0.25) is 4.79 Å². The predicted molar refractivity (Wildman–Crippen MR) is 97.4 cm³/mol. The van der Waals surface area contributed by atoms with Crippen LogP contribution in [0.2, 0.25) is 0 Å². The smallest absolute Gasteiger partial charge is 0.238 e. The van der Waals surface area contributed by atoms with Gasteiger partial charge in [0.2, 0.25) is 5.91 Å². The number of benzene rings is 1. The molecular formula is C18H16BrN5O. The van der Waals surface area contributed by atoms with E-state index in [1.54, 1.807) is 6.33 Å². The summed E-state index contributed by atoms with van der Waals surface area (Å²) < 4.78 is 2.96. The maximum atomic E-state index is 12.6. The Morgan fingerprint density at radius 3 is 2.88 bits per heavy atom. The van der Waals surface area contributed by atoms with Gasteiger partial charge in [-0.25, -0.2) is 14.6 Å². The van der Waals surface area contributed by atoms with E-state index in [1.165, 1.54) is 12.8 Å². The van der Waals surface area contributed by atoms with Crippen molar-refractivity contribution in [3.8, 4) is 0 Å². The number of anilines is 1. The van der Waals surface area contributed by atoms with E-state index >= 15 is 0 Å². The van der Waals surface area contributed by atoms with E-state index in [-0.39, 0.29) is 5.91 Å². The molecule has 0 bridgehead atoms. The largest absolute Gasteiger partial charge is 0.325 e. The zero-order chi connectivity index (χ0) is 17.0. The van der Waals surface area contributed by atoms with Gasteiger partial charge < -0.3 is 5.32 Å². The Labute approximate surface area is 152 Å². The minimum Gasteiger partial charge on any atom is -0.325 e. The first-order chi connectivity index (χ1) is 12.2. The number of amides is 1. The quantitative estimate of drug-likeness (QED) is 0.713. The summed E-state index contributed by atoms with van der Waals surface area (Å²) in [6.07, 6.45) is 8.10. The second kappa shape index (κ2) is 5.62. The van der Waals surface area contributed by atoms with Crippen LogP contribution in [-0.4, -0.2) is 25.7 Å². The lowest BCUT2D eigenvalue weighted by molar-refractivity contribution is -0.116. The number of nitrogens with one attached hydrogen (secondary N) is 1. The highest BCUT2D eigenvalue weighted by atomic mass is 79.9. The molecule has 3 aromatic rings. The summed E-state index contributed by atoms with van der Waals surface area (Å²) in [6, 6.07) is 6.22. The number of hydrogen-bond donors (Lipinski definition) is 1. The Balaban J connectivity index is 1.67. The number of fused-ring (bicyclic) bond motifs is 2. The molecule has 1 unspecified atom stereocenters. The Morgan fingerprint density at radius 1 is 1.20 bits per heavy atom. The van der Waals surface area contributed by atoms with Crippen LogP contribution < -0.4 is 5.32 Å². The first-order valence-electron chi connectivity index (χ1n) is 8.51. The minimum atomic E-state index is -0.431. The van der Waals surface area contributed by atoms with Crippen LogP contribution in [0.25, 0.3) is 11.0 Å². The molecule has 0 spiro atoms. The van der Waals surface area contributed by atoms with Crippen molar-refractivity contribution in [1.29, 1.82) is 0 Å². The number of halogens is 1. The molecule has 126 valence electrons. The van der Waals surface area contributed by atoms with E-state index in [9.17, 15) is 4.79 Å². The van der Waals surface area contributed by atoms with Gasteiger partial charge in [-0.15, -0.1) is 0 Å². The topological polar surface area (TPSA) is 72.7 Å². The van der Waals surface area contributed by atoms with Crippen molar-refractivity contribution in [2.45, 2.75) is 37.6 Å². The van der Waals surface area contributed by atoms with Gasteiger partial charge in [0.25, 0.3) is 0 Å². The second-order valence-corrected chi connectivity index (χ2v) is 7.59. The first-order valence-corrected chi connectivity index (χ1v) is 9.30. The van der Waals surface area contributed by atoms with Gasteiger partial charge in [0.1, 0.15) is 12.2 Å². The fourth-order valence-corrected chi connectivity index (χ4v) is 4.41. The Hall–Kier alpha value is -2.28. The van der Waals surface area contributed by atoms with Crippen molar-refractivity contribution in [3.05, 3.63) is 46.5 Å². The van der Waals surface area contributed by atoms with Crippen LogP contribution in [0.4, 0.5) is 5.69 Å². The highest BCUT2D eigenvalue weighted by molar-refractivity contribution is 9.10. The summed E-state index contributed by atoms with van der Waals surface area (Å²) in [5, 5.41) is 8.40. The number of carbonyl (C=O) groups is 1. The molecule has 1 aromatic carbocycles. The number of nitrogens with zero attached hydrogens (tertiary/aromatic N) is 4. The highest BCUT2D eigenvalue weighted by Gasteiger charge is 2.35. The molecule has 1 aliphatic heterocycles. The van der Waals surface area contributed by atoms with E-state index in [1.807, 2.05) is 29.1 Å². The van der Waals surface area contributed by atoms with Crippen LogP contribution >= 0.6 is 15.9 Å². The molecule has 1 aliphatic carbocycles. The normalized spacial score (nSPS) is 20.2. The van der Waals surface area contributed by atoms with Crippen LogP contribution in [0.1, 0.15) is 48.9 Å². The van der Waals surface area contributed by atoms with Crippen molar-refractivity contribution in [2.24, 2.45) is 0 Å². The third-order valence-electron chi connectivity index (χ3n) is 5.21. The molecule has 25 heavy (non-hydrogen) atoms. The van der Waals surface area contributed by atoms with Crippen molar-refractivity contribution < 1.29 is 4.79 Å². The van der Waals surface area contributed by atoms with E-state index in [2.05, 4.69) is 36.3 Å². The van der Waals surface area contributed by atoms with Crippen molar-refractivity contribution in [3.63, 3.8) is 0 Å². The number of hydrogen-bond acceptors (Lipinski definition) is 4. The summed E-state index contributed by atoms with van der Waals surface area (Å²) in [6.45, 7) is 0. The molecule has 1 fully saturated rings. The summed E-state index contributed by atoms with van der Waals surface area (Å²) in [7, 11) is 0. The fraction of sp³-hybridized carbons (Fsp3) is 0.333. The second-order valence-electron chi connectivity index (χ2n) is 6.68. The molecule has 2 aromatic heterocycles. The Kier molecular flexibility index (Phi) is 3.38. The molecule has 1 N–H and O–H groups in total. The standard InChI is InChI=1S/C18H16BrN5O/c19-10-5-6-14-12(7-10)15(18(25)23-14)16-13-8-22-24(11-3-1-2-4-11)17(13)21-9-20-16/h5-9,11,15H,1-4H2,(H,23,25). The molecule has 5 rings (SSSR count). The van der Waals surface area contributed by atoms with Crippen molar-refractivity contribution in [2.75, 3.05) is 5.32 Å². The number of rotatable bonds is 2. The molecule has 1 atom stereocenters. The molecule has 0 saturated heterocycles. The van der Waals surface area contributed by atoms with Gasteiger partial charge in [-0.2, -0.15) is 5.10 Å². The van der Waals surface area contributed by atoms with E-state index in [0.717, 1.165) is 45.3 Å². The predicted octanol–water partition coefficient (Wildman–Crippen LogP) is 3.79. The molecule has 3 heterocycles. The van der Waals surface area contributed by atoms with Gasteiger partial charge in [0, 0.05) is 10.2 Å². The Bertz CT molecular complexity index is 992. The lowest BCUT2D eigenvalue weighted by Gasteiger charge is -2.12. The maximum absolute atomic E-state index is 12.6. The van der Waals surface area contributed by atoms with Gasteiger partial charge in [0.05, 0.1) is 23.3 Å². The number of carbonyl (C=O) groups excluding carboxylic acids is 1. The van der Waals surface area contributed by atoms with Gasteiger partial charge >= 0.3 is 0 Å². The monoisotopic (exact) mass is 397 g/mol. The van der Waals surface area contributed by atoms with E-state index in [4.69, 9.17) is 0 Å². The van der Waals surface area contributed by atoms with Crippen LogP contribution in [0.3, 0.4) is 0 Å². The molecule has 0 radical (unpaired) electrons. The highest BCUT2D eigenvalue weighted by Crippen LogP contribution is 2.40.